The molecule has 0 amide bonds. The summed E-state index contributed by atoms with van der Waals surface area (Å²) in [6.45, 7) is 40.1. The topological polar surface area (TPSA) is 0 Å². The van der Waals surface area contributed by atoms with Crippen LogP contribution in [-0.2, 0) is 6.42 Å². The van der Waals surface area contributed by atoms with E-state index in [4.69, 9.17) is 0 Å². The van der Waals surface area contributed by atoms with Gasteiger partial charge in [-0.25, -0.2) is 0 Å². The van der Waals surface area contributed by atoms with Crippen molar-refractivity contribution in [2.45, 2.75) is 117 Å². The minimum Gasteiger partial charge on any atom is -0.0988 e. The first kappa shape index (κ1) is 55.6. The molecule has 0 aliphatic rings. The van der Waals surface area contributed by atoms with Crippen LogP contribution in [0.3, 0.4) is 0 Å². The van der Waals surface area contributed by atoms with Crippen molar-refractivity contribution in [3.8, 4) is 11.1 Å². The molecule has 59 heavy (non-hydrogen) atoms. The van der Waals surface area contributed by atoms with E-state index in [1.54, 1.807) is 0 Å². The lowest BCUT2D eigenvalue weighted by molar-refractivity contribution is 1.33. The smallest absolute Gasteiger partial charge is 0.00266 e. The standard InChI is InChI=1S/C33H28.C14H16.6C2H6/c1-24-20-22-26(23-21-24)25(2)12-6-7-15-28-29-16-8-10-18-31(29)33(27-13-4-3-5-14-27)32-19-11-9-17-30(28)32;1-5-11(3)13(6-2)14-10-8-7-9-12(14)4;6*1-2/h3-14,16-23H,15H2,1-2H3;5-10H,1-2H2,3-4H3;6*1-2H3/b7-6-,25-12+;13-11+;;;;;;. The van der Waals surface area contributed by atoms with Crippen LogP contribution in [0.5, 0.6) is 0 Å². The molecule has 0 unspecified atom stereocenters. The molecule has 0 radical (unpaired) electrons. The molecule has 6 aromatic carbocycles. The minimum atomic E-state index is 0.897. The zero-order valence-corrected chi connectivity index (χ0v) is 40.1. The van der Waals surface area contributed by atoms with Crippen LogP contribution in [0.15, 0.2) is 177 Å². The van der Waals surface area contributed by atoms with E-state index >= 15 is 0 Å². The molecule has 0 heteroatoms. The van der Waals surface area contributed by atoms with Crippen LogP contribution in [-0.4, -0.2) is 0 Å². The van der Waals surface area contributed by atoms with E-state index in [1.807, 2.05) is 107 Å². The molecule has 0 nitrogen and oxygen atoms in total. The summed E-state index contributed by atoms with van der Waals surface area (Å²) in [5.41, 5.74) is 12.6. The second kappa shape index (κ2) is 34.6. The van der Waals surface area contributed by atoms with Crippen LogP contribution in [0, 0.1) is 13.8 Å². The van der Waals surface area contributed by atoms with E-state index in [0.29, 0.717) is 0 Å². The first-order valence-electron chi connectivity index (χ1n) is 22.3. The van der Waals surface area contributed by atoms with Gasteiger partial charge in [0.15, 0.2) is 0 Å². The fraction of sp³-hybridized carbons (Fsp3) is 0.288. The molecule has 0 aliphatic heterocycles. The quantitative estimate of drug-likeness (QED) is 0.106. The van der Waals surface area contributed by atoms with E-state index in [9.17, 15) is 0 Å². The first-order valence-corrected chi connectivity index (χ1v) is 22.3. The van der Waals surface area contributed by atoms with Gasteiger partial charge < -0.3 is 0 Å². The van der Waals surface area contributed by atoms with Gasteiger partial charge >= 0.3 is 0 Å². The van der Waals surface area contributed by atoms with Crippen molar-refractivity contribution in [3.05, 3.63) is 204 Å². The normalized spacial score (nSPS) is 10.2. The van der Waals surface area contributed by atoms with Crippen LogP contribution in [0.4, 0.5) is 0 Å². The average Bonchev–Trinajstić information content (AvgIpc) is 3.32. The number of hydrogen-bond donors (Lipinski definition) is 0. The van der Waals surface area contributed by atoms with E-state index in [2.05, 4.69) is 174 Å². The molecule has 316 valence electrons. The van der Waals surface area contributed by atoms with Crippen molar-refractivity contribution in [1.29, 1.82) is 0 Å². The Labute approximate surface area is 363 Å². The fourth-order valence-corrected chi connectivity index (χ4v) is 6.13. The maximum Gasteiger partial charge on any atom is -0.00266 e. The molecule has 0 saturated carbocycles. The van der Waals surface area contributed by atoms with Gasteiger partial charge in [-0.2, -0.15) is 0 Å². The van der Waals surface area contributed by atoms with Gasteiger partial charge in [0.2, 0.25) is 0 Å². The number of fused-ring (bicyclic) bond motifs is 2. The van der Waals surface area contributed by atoms with Crippen LogP contribution in [0.25, 0.3) is 43.8 Å². The van der Waals surface area contributed by atoms with Gasteiger partial charge in [-0.15, -0.1) is 0 Å². The van der Waals surface area contributed by atoms with E-state index in [-0.39, 0.29) is 0 Å². The molecule has 0 heterocycles. The third-order valence-corrected chi connectivity index (χ3v) is 8.79. The third kappa shape index (κ3) is 17.1. The molecule has 0 saturated heterocycles. The van der Waals surface area contributed by atoms with Crippen molar-refractivity contribution < 1.29 is 0 Å². The molecule has 0 bridgehead atoms. The summed E-state index contributed by atoms with van der Waals surface area (Å²) in [5, 5.41) is 5.30. The van der Waals surface area contributed by atoms with Gasteiger partial charge in [0.25, 0.3) is 0 Å². The highest BCUT2D eigenvalue weighted by molar-refractivity contribution is 6.15. The fourth-order valence-electron chi connectivity index (χ4n) is 6.13. The molecule has 0 aliphatic carbocycles. The summed E-state index contributed by atoms with van der Waals surface area (Å²) in [6, 6.07) is 45.5. The van der Waals surface area contributed by atoms with Crippen molar-refractivity contribution in [1.82, 2.24) is 0 Å². The van der Waals surface area contributed by atoms with Crippen molar-refractivity contribution >= 4 is 32.7 Å². The summed E-state index contributed by atoms with van der Waals surface area (Å²) in [4.78, 5) is 0. The summed E-state index contributed by atoms with van der Waals surface area (Å²) in [5.74, 6) is 0. The monoisotopic (exact) mass is 789 g/mol. The SMILES string of the molecule is C/C(=C\C=C/Cc1c2ccccc2c(-c2ccccc2)c2ccccc12)c1ccc(C)cc1.C=C/C(C)=C(\C=C)c1ccccc1C.CC.CC.CC.CC.CC.CC. The maximum absolute atomic E-state index is 3.84. The Morgan fingerprint density at radius 1 is 0.492 bits per heavy atom. The Balaban J connectivity index is 0. The number of benzene rings is 6. The highest BCUT2D eigenvalue weighted by Crippen LogP contribution is 2.39. The number of allylic oxidation sites excluding steroid dienone is 8. The molecular formula is C59H80. The first-order chi connectivity index (χ1) is 28.9. The Hall–Kier alpha value is -5.46. The molecule has 0 spiro atoms. The average molecular weight is 789 g/mol. The zero-order chi connectivity index (χ0) is 45.2. The van der Waals surface area contributed by atoms with Crippen molar-refractivity contribution in [3.63, 3.8) is 0 Å². The molecule has 0 aromatic heterocycles. The highest BCUT2D eigenvalue weighted by atomic mass is 14.2. The molecule has 6 aromatic rings. The summed E-state index contributed by atoms with van der Waals surface area (Å²) < 4.78 is 0. The summed E-state index contributed by atoms with van der Waals surface area (Å²) in [6.07, 6.45) is 11.3. The summed E-state index contributed by atoms with van der Waals surface area (Å²) in [7, 11) is 0. The largest absolute Gasteiger partial charge is 0.0988 e. The van der Waals surface area contributed by atoms with Gasteiger partial charge in [-0.05, 0) is 106 Å². The predicted octanol–water partition coefficient (Wildman–Crippen LogP) is 19.5. The van der Waals surface area contributed by atoms with Crippen LogP contribution in [0.1, 0.15) is 125 Å². The second-order valence-electron chi connectivity index (χ2n) is 12.0. The Morgan fingerprint density at radius 2 is 0.932 bits per heavy atom. The Kier molecular flexibility index (Phi) is 32.6. The van der Waals surface area contributed by atoms with Gasteiger partial charge in [0.1, 0.15) is 0 Å². The van der Waals surface area contributed by atoms with E-state index < -0.39 is 0 Å². The Morgan fingerprint density at radius 3 is 1.39 bits per heavy atom. The second-order valence-corrected chi connectivity index (χ2v) is 12.0. The third-order valence-electron chi connectivity index (χ3n) is 8.79. The van der Waals surface area contributed by atoms with E-state index in [1.165, 1.54) is 66.1 Å². The number of rotatable bonds is 8. The lowest BCUT2D eigenvalue weighted by Gasteiger charge is -2.16. The lowest BCUT2D eigenvalue weighted by Crippen LogP contribution is -1.92. The Bertz CT molecular complexity index is 2040. The molecule has 0 atom stereocenters. The van der Waals surface area contributed by atoms with E-state index in [0.717, 1.165) is 17.6 Å². The molecule has 0 fully saturated rings. The number of hydrogen-bond acceptors (Lipinski definition) is 0. The molecule has 0 N–H and O–H groups in total. The maximum atomic E-state index is 3.84. The van der Waals surface area contributed by atoms with Crippen LogP contribution in [0.2, 0.25) is 0 Å². The molecule has 6 rings (SSSR count). The highest BCUT2D eigenvalue weighted by Gasteiger charge is 2.14. The minimum absolute atomic E-state index is 0.897. The zero-order valence-electron chi connectivity index (χ0n) is 40.1. The van der Waals surface area contributed by atoms with Gasteiger partial charge in [-0.1, -0.05) is 260 Å². The molecular weight excluding hydrogens is 709 g/mol. The van der Waals surface area contributed by atoms with Crippen molar-refractivity contribution in [2.24, 2.45) is 0 Å². The van der Waals surface area contributed by atoms with Crippen LogP contribution < -0.4 is 0 Å². The van der Waals surface area contributed by atoms with Gasteiger partial charge in [0.05, 0.1) is 0 Å². The van der Waals surface area contributed by atoms with Gasteiger partial charge in [0, 0.05) is 0 Å². The number of aryl methyl sites for hydroxylation is 2. The lowest BCUT2D eigenvalue weighted by atomic mass is 9.87. The van der Waals surface area contributed by atoms with Crippen LogP contribution >= 0.6 is 0 Å². The van der Waals surface area contributed by atoms with Crippen molar-refractivity contribution in [2.75, 3.05) is 0 Å². The van der Waals surface area contributed by atoms with Gasteiger partial charge in [-0.3, -0.25) is 0 Å². The predicted molar refractivity (Wildman–Crippen MR) is 277 cm³/mol. The summed E-state index contributed by atoms with van der Waals surface area (Å²) >= 11 is 0.